The van der Waals surface area contributed by atoms with E-state index in [9.17, 15) is 0 Å². The van der Waals surface area contributed by atoms with Gasteiger partial charge in [-0.2, -0.15) is 0 Å². The van der Waals surface area contributed by atoms with Gasteiger partial charge in [-0.3, -0.25) is 0 Å². The van der Waals surface area contributed by atoms with Crippen molar-refractivity contribution >= 4 is 31.3 Å². The zero-order valence-corrected chi connectivity index (χ0v) is 43.4. The molecule has 0 saturated heterocycles. The predicted octanol–water partition coefficient (Wildman–Crippen LogP) is 15.2. The number of benzene rings is 4. The summed E-state index contributed by atoms with van der Waals surface area (Å²) < 4.78 is 5.03. The molecule has 0 radical (unpaired) electrons. The van der Waals surface area contributed by atoms with Gasteiger partial charge in [-0.15, -0.1) is 24.8 Å². The van der Waals surface area contributed by atoms with Crippen LogP contribution in [0.2, 0.25) is 0 Å². The summed E-state index contributed by atoms with van der Waals surface area (Å²) in [7, 11) is 0. The summed E-state index contributed by atoms with van der Waals surface area (Å²) in [5.74, 6) is 0. The maximum atomic E-state index is 2.66. The Morgan fingerprint density at radius 2 is 0.914 bits per heavy atom. The van der Waals surface area contributed by atoms with Crippen molar-refractivity contribution in [3.8, 4) is 11.1 Å². The van der Waals surface area contributed by atoms with Crippen LogP contribution in [0, 0.1) is 0 Å². The molecule has 0 fully saturated rings. The third-order valence-corrected chi connectivity index (χ3v) is 19.9. The Morgan fingerprint density at radius 3 is 1.29 bits per heavy atom. The Bertz CT molecular complexity index is 2190. The van der Waals surface area contributed by atoms with Crippen molar-refractivity contribution in [1.82, 2.24) is 0 Å². The second kappa shape index (κ2) is 16.5. The number of fused-ring (bicyclic) bond motifs is 3. The van der Waals surface area contributed by atoms with Crippen molar-refractivity contribution < 1.29 is 21.3 Å². The molecule has 2 aliphatic carbocycles. The molecule has 0 aliphatic heterocycles. The topological polar surface area (TPSA) is 0 Å². The molecule has 2 aliphatic rings. The van der Waals surface area contributed by atoms with E-state index < -0.39 is 21.3 Å². The number of rotatable bonds is 4. The average molecular weight is 897 g/mol. The molecule has 0 atom stereocenters. The summed E-state index contributed by atoms with van der Waals surface area (Å²) in [6.07, 6.45) is 9.35. The fourth-order valence-corrected chi connectivity index (χ4v) is 18.1. The van der Waals surface area contributed by atoms with Crippen molar-refractivity contribution in [2.24, 2.45) is 0 Å². The van der Waals surface area contributed by atoms with Gasteiger partial charge in [0.1, 0.15) is 0 Å². The molecule has 0 aromatic heterocycles. The van der Waals surface area contributed by atoms with E-state index in [1.54, 1.807) is 20.9 Å². The van der Waals surface area contributed by atoms with Gasteiger partial charge in [-0.1, -0.05) is 0 Å². The zero-order valence-electron chi connectivity index (χ0n) is 39.3. The van der Waals surface area contributed by atoms with E-state index in [2.05, 4.69) is 210 Å². The maximum absolute atomic E-state index is 3.03. The van der Waals surface area contributed by atoms with E-state index in [0.717, 1.165) is 12.8 Å². The smallest absolute Gasteiger partial charge is 0.147 e. The van der Waals surface area contributed by atoms with Gasteiger partial charge >= 0.3 is 353 Å². The fraction of sp³-hybridized carbons (Fsp3) is 0.473. The average Bonchev–Trinajstić information content (AvgIpc) is 3.72. The van der Waals surface area contributed by atoms with Gasteiger partial charge in [0.05, 0.1) is 0 Å². The molecule has 0 heterocycles. The predicted molar refractivity (Wildman–Crippen MR) is 259 cm³/mol. The van der Waals surface area contributed by atoms with Crippen LogP contribution in [0.4, 0.5) is 0 Å². The van der Waals surface area contributed by atoms with Crippen LogP contribution in [0.25, 0.3) is 11.1 Å². The standard InChI is InChI=1S/C29H41.C21H26.C5H5.2ClH.Zr/c1-26(2,3)22-14-18-13-19-15-23(27(4,5)6)25(29(10,11)12)17-21(19)20(18)16-24(22)28(7,8)9;1-20(2,3)18-11-7-16(8-12-18)15-17-9-13-19(14-10-17)21(4,5)6;1-2-4-5-3-1;;;/h14,16-17H,13H2,1-12H3;7-14H,1-6H3;1-3H,4H2;2*1H;. The van der Waals surface area contributed by atoms with E-state index in [-0.39, 0.29) is 57.3 Å². The SMILES string of the molecule is CC(C)(C)c1ccc([C](c2ccc(C(C)(C)C)cc2)=[Zr]([C]2=CC=CC2)[c]2c3c(cc(C(C)(C)C)c2C(C)(C)C)-c2cc(C(C)(C)C)c(C(C)(C)C)cc2C3)cc1.Cl.Cl. The summed E-state index contributed by atoms with van der Waals surface area (Å²) in [5, 5.41) is 0. The van der Waals surface area contributed by atoms with E-state index in [1.807, 2.05) is 0 Å². The molecule has 0 amide bonds. The minimum absolute atomic E-state index is 0. The molecule has 3 heteroatoms. The second-order valence-corrected chi connectivity index (χ2v) is 29.0. The van der Waals surface area contributed by atoms with Crippen LogP contribution >= 0.6 is 24.8 Å². The van der Waals surface area contributed by atoms with Crippen molar-refractivity contribution in [1.29, 1.82) is 0 Å². The van der Waals surface area contributed by atoms with E-state index >= 15 is 0 Å². The first kappa shape index (κ1) is 48.4. The number of halogens is 2. The van der Waals surface area contributed by atoms with E-state index in [1.165, 1.54) is 55.6 Å². The first-order valence-corrected chi connectivity index (χ1v) is 25.0. The minimum Gasteiger partial charge on any atom is -0.147 e. The van der Waals surface area contributed by atoms with Crippen molar-refractivity contribution in [3.05, 3.63) is 144 Å². The first-order chi connectivity index (χ1) is 25.6. The van der Waals surface area contributed by atoms with Gasteiger partial charge in [-0.05, 0) is 0 Å². The Balaban J connectivity index is 0.00000372. The normalized spacial score (nSPS) is 14.3. The number of hydrogen-bond acceptors (Lipinski definition) is 0. The molecular formula is C55H74Cl2Zr. The van der Waals surface area contributed by atoms with Crippen LogP contribution < -0.4 is 3.27 Å². The molecule has 0 bridgehead atoms. The van der Waals surface area contributed by atoms with Crippen LogP contribution in [0.15, 0.2) is 88.2 Å². The van der Waals surface area contributed by atoms with Gasteiger partial charge in [0.2, 0.25) is 0 Å². The Morgan fingerprint density at radius 1 is 0.483 bits per heavy atom. The number of hydrogen-bond donors (Lipinski definition) is 0. The van der Waals surface area contributed by atoms with Crippen molar-refractivity contribution in [3.63, 3.8) is 0 Å². The maximum Gasteiger partial charge on any atom is -0.147 e. The quantitative estimate of drug-likeness (QED) is 0.169. The van der Waals surface area contributed by atoms with Gasteiger partial charge in [0.25, 0.3) is 0 Å². The fourth-order valence-electron chi connectivity index (χ4n) is 9.08. The summed E-state index contributed by atoms with van der Waals surface area (Å²) in [5.41, 5.74) is 18.0. The summed E-state index contributed by atoms with van der Waals surface area (Å²) in [4.78, 5) is 0. The minimum atomic E-state index is -3.03. The van der Waals surface area contributed by atoms with Crippen molar-refractivity contribution in [2.75, 3.05) is 0 Å². The van der Waals surface area contributed by atoms with E-state index in [4.69, 9.17) is 0 Å². The molecular weight excluding hydrogens is 823 g/mol. The molecule has 0 unspecified atom stereocenters. The Kier molecular flexibility index (Phi) is 13.8. The molecule has 0 saturated carbocycles. The van der Waals surface area contributed by atoms with Crippen LogP contribution in [-0.4, -0.2) is 3.21 Å². The molecule has 0 spiro atoms. The van der Waals surface area contributed by atoms with Crippen LogP contribution in [0.5, 0.6) is 0 Å². The monoisotopic (exact) mass is 894 g/mol. The summed E-state index contributed by atoms with van der Waals surface area (Å²) >= 11 is -3.03. The van der Waals surface area contributed by atoms with Gasteiger partial charge in [-0.25, -0.2) is 0 Å². The van der Waals surface area contributed by atoms with Crippen molar-refractivity contribution in [2.45, 2.75) is 170 Å². The Labute approximate surface area is 374 Å². The molecule has 6 rings (SSSR count). The first-order valence-electron chi connectivity index (χ1n) is 21.3. The molecule has 4 aromatic rings. The molecule has 58 heavy (non-hydrogen) atoms. The molecule has 312 valence electrons. The molecule has 0 N–H and O–H groups in total. The Hall–Kier alpha value is -2.31. The third kappa shape index (κ3) is 9.59. The van der Waals surface area contributed by atoms with Gasteiger partial charge < -0.3 is 0 Å². The van der Waals surface area contributed by atoms with Crippen LogP contribution in [-0.2, 0) is 60.2 Å². The zero-order chi connectivity index (χ0) is 41.6. The van der Waals surface area contributed by atoms with Crippen LogP contribution in [0.1, 0.15) is 187 Å². The summed E-state index contributed by atoms with van der Waals surface area (Å²) in [6.45, 7) is 43.2. The molecule has 0 nitrogen and oxygen atoms in total. The van der Waals surface area contributed by atoms with E-state index in [0.29, 0.717) is 0 Å². The number of allylic oxidation sites excluding steroid dienone is 4. The molecule has 4 aromatic carbocycles. The van der Waals surface area contributed by atoms with Crippen LogP contribution in [0.3, 0.4) is 0 Å². The third-order valence-electron chi connectivity index (χ3n) is 12.2. The second-order valence-electron chi connectivity index (χ2n) is 23.2. The van der Waals surface area contributed by atoms with Gasteiger partial charge in [0, 0.05) is 0 Å². The van der Waals surface area contributed by atoms with Gasteiger partial charge in [0.15, 0.2) is 0 Å². The summed E-state index contributed by atoms with van der Waals surface area (Å²) in [6, 6.07) is 27.5. The largest absolute Gasteiger partial charge is 0.147 e.